The Bertz CT molecular complexity index is 307. The molecule has 0 radical (unpaired) electrons. The summed E-state index contributed by atoms with van der Waals surface area (Å²) in [6.45, 7) is 2.26. The molecule has 1 heterocycles. The van der Waals surface area contributed by atoms with Crippen molar-refractivity contribution in [3.8, 4) is 5.75 Å². The van der Waals surface area contributed by atoms with Crippen LogP contribution in [0.3, 0.4) is 0 Å². The zero-order chi connectivity index (χ0) is 10.1. The van der Waals surface area contributed by atoms with Crippen LogP contribution in [0.5, 0.6) is 5.75 Å². The number of hydrogen-bond donors (Lipinski definition) is 1. The molecule has 76 valence electrons. The number of phenols is 1. The van der Waals surface area contributed by atoms with Gasteiger partial charge in [0, 0.05) is 12.1 Å². The molecule has 0 amide bonds. The minimum absolute atomic E-state index is 0.349. The van der Waals surface area contributed by atoms with E-state index in [4.69, 9.17) is 0 Å². The minimum atomic E-state index is 0.349. The second kappa shape index (κ2) is 3.62. The first kappa shape index (κ1) is 9.53. The number of hydrogen-bond acceptors (Lipinski definition) is 2. The van der Waals surface area contributed by atoms with Gasteiger partial charge in [-0.1, -0.05) is 12.1 Å². The zero-order valence-electron chi connectivity index (χ0n) is 8.77. The summed E-state index contributed by atoms with van der Waals surface area (Å²) >= 11 is 0. The van der Waals surface area contributed by atoms with Gasteiger partial charge in [0.2, 0.25) is 0 Å². The summed E-state index contributed by atoms with van der Waals surface area (Å²) in [6.07, 6.45) is 2.49. The highest BCUT2D eigenvalue weighted by Gasteiger charge is 2.27. The van der Waals surface area contributed by atoms with Crippen LogP contribution in [0.2, 0.25) is 0 Å². The van der Waals surface area contributed by atoms with Gasteiger partial charge in [-0.3, -0.25) is 4.90 Å². The molecule has 1 fully saturated rings. The Hall–Kier alpha value is -1.02. The molecule has 0 unspecified atom stereocenters. The number of benzene rings is 1. The van der Waals surface area contributed by atoms with Crippen molar-refractivity contribution >= 4 is 0 Å². The molecule has 1 aromatic rings. The first-order valence-electron chi connectivity index (χ1n) is 5.19. The van der Waals surface area contributed by atoms with Crippen LogP contribution >= 0.6 is 0 Å². The first-order chi connectivity index (χ1) is 6.68. The predicted octanol–water partition coefficient (Wildman–Crippen LogP) is 2.55. The van der Waals surface area contributed by atoms with E-state index in [1.54, 1.807) is 12.1 Å². The van der Waals surface area contributed by atoms with Crippen molar-refractivity contribution in [3.63, 3.8) is 0 Å². The summed E-state index contributed by atoms with van der Waals surface area (Å²) in [5, 5.41) is 9.20. The van der Waals surface area contributed by atoms with E-state index in [0.717, 1.165) is 0 Å². The van der Waals surface area contributed by atoms with Crippen LogP contribution in [-0.4, -0.2) is 23.1 Å². The molecule has 1 aliphatic heterocycles. The number of aromatic hydroxyl groups is 1. The van der Waals surface area contributed by atoms with Gasteiger partial charge < -0.3 is 5.11 Å². The molecule has 1 aromatic carbocycles. The molecule has 2 heteroatoms. The molecule has 0 spiro atoms. The lowest BCUT2D eigenvalue weighted by Crippen LogP contribution is -2.24. The molecule has 0 aliphatic carbocycles. The number of nitrogens with zero attached hydrogens (tertiary/aromatic N) is 1. The fourth-order valence-electron chi connectivity index (χ4n) is 2.21. The van der Waals surface area contributed by atoms with E-state index >= 15 is 0 Å². The van der Waals surface area contributed by atoms with E-state index < -0.39 is 0 Å². The molecule has 1 saturated heterocycles. The van der Waals surface area contributed by atoms with E-state index in [-0.39, 0.29) is 0 Å². The number of rotatable bonds is 1. The van der Waals surface area contributed by atoms with Crippen LogP contribution < -0.4 is 0 Å². The van der Waals surface area contributed by atoms with Crippen LogP contribution in [0.4, 0.5) is 0 Å². The highest BCUT2D eigenvalue weighted by atomic mass is 16.3. The average molecular weight is 191 g/mol. The van der Waals surface area contributed by atoms with Gasteiger partial charge in [-0.15, -0.1) is 0 Å². The molecule has 0 bridgehead atoms. The third-order valence-electron chi connectivity index (χ3n) is 3.32. The maximum atomic E-state index is 9.20. The third kappa shape index (κ3) is 1.62. The molecule has 14 heavy (non-hydrogen) atoms. The minimum Gasteiger partial charge on any atom is -0.508 e. The van der Waals surface area contributed by atoms with Gasteiger partial charge in [0.25, 0.3) is 0 Å². The lowest BCUT2D eigenvalue weighted by molar-refractivity contribution is 0.256. The van der Waals surface area contributed by atoms with Crippen molar-refractivity contribution in [2.45, 2.75) is 31.8 Å². The molecular weight excluding hydrogens is 174 g/mol. The maximum Gasteiger partial charge on any atom is 0.115 e. The van der Waals surface area contributed by atoms with Gasteiger partial charge in [0.05, 0.1) is 0 Å². The van der Waals surface area contributed by atoms with Gasteiger partial charge in [-0.2, -0.15) is 0 Å². The second-order valence-electron chi connectivity index (χ2n) is 4.20. The number of phenolic OH excluding ortho intramolecular Hbond substituents is 1. The molecule has 2 nitrogen and oxygen atoms in total. The summed E-state index contributed by atoms with van der Waals surface area (Å²) in [6, 6.07) is 8.79. The monoisotopic (exact) mass is 191 g/mol. The second-order valence-corrected chi connectivity index (χ2v) is 4.20. The highest BCUT2D eigenvalue weighted by molar-refractivity contribution is 5.28. The van der Waals surface area contributed by atoms with Crippen LogP contribution in [0.25, 0.3) is 0 Å². The van der Waals surface area contributed by atoms with Gasteiger partial charge in [0.15, 0.2) is 0 Å². The average Bonchev–Trinajstić information content (AvgIpc) is 2.50. The summed E-state index contributed by atoms with van der Waals surface area (Å²) in [5.41, 5.74) is 1.31. The van der Waals surface area contributed by atoms with E-state index in [9.17, 15) is 5.11 Å². The van der Waals surface area contributed by atoms with Crippen LogP contribution in [0, 0.1) is 0 Å². The molecule has 2 atom stereocenters. The van der Waals surface area contributed by atoms with Crippen LogP contribution in [-0.2, 0) is 0 Å². The smallest absolute Gasteiger partial charge is 0.115 e. The third-order valence-corrected chi connectivity index (χ3v) is 3.32. The Morgan fingerprint density at radius 1 is 1.21 bits per heavy atom. The standard InChI is InChI=1S/C12H17NO/c1-9-3-8-12(13(9)2)10-4-6-11(14)7-5-10/h4-7,9,12,14H,3,8H2,1-2H3/t9-,12-/m1/s1. The van der Waals surface area contributed by atoms with Gasteiger partial charge in [-0.05, 0) is 44.5 Å². The van der Waals surface area contributed by atoms with Gasteiger partial charge in [-0.25, -0.2) is 0 Å². The Morgan fingerprint density at radius 3 is 2.36 bits per heavy atom. The summed E-state index contributed by atoms with van der Waals surface area (Å²) < 4.78 is 0. The fraction of sp³-hybridized carbons (Fsp3) is 0.500. The molecule has 1 N–H and O–H groups in total. The molecular formula is C12H17NO. The van der Waals surface area contributed by atoms with Crippen LogP contribution in [0.15, 0.2) is 24.3 Å². The summed E-state index contributed by atoms with van der Waals surface area (Å²) in [4.78, 5) is 2.41. The fourth-order valence-corrected chi connectivity index (χ4v) is 2.21. The van der Waals surface area contributed by atoms with E-state index in [2.05, 4.69) is 18.9 Å². The summed E-state index contributed by atoms with van der Waals surface area (Å²) in [5.74, 6) is 0.349. The molecule has 1 aliphatic rings. The molecule has 0 saturated carbocycles. The van der Waals surface area contributed by atoms with Gasteiger partial charge in [0.1, 0.15) is 5.75 Å². The maximum absolute atomic E-state index is 9.20. The first-order valence-corrected chi connectivity index (χ1v) is 5.19. The SMILES string of the molecule is C[C@@H]1CC[C@H](c2ccc(O)cc2)N1C. The van der Waals surface area contributed by atoms with Gasteiger partial charge >= 0.3 is 0 Å². The predicted molar refractivity (Wildman–Crippen MR) is 57.3 cm³/mol. The zero-order valence-corrected chi connectivity index (χ0v) is 8.77. The van der Waals surface area contributed by atoms with Crippen molar-refractivity contribution in [1.82, 2.24) is 4.90 Å². The van der Waals surface area contributed by atoms with E-state index in [1.807, 2.05) is 12.1 Å². The quantitative estimate of drug-likeness (QED) is 0.737. The Balaban J connectivity index is 2.19. The van der Waals surface area contributed by atoms with Crippen molar-refractivity contribution in [1.29, 1.82) is 0 Å². The largest absolute Gasteiger partial charge is 0.508 e. The van der Waals surface area contributed by atoms with Crippen molar-refractivity contribution < 1.29 is 5.11 Å². The van der Waals surface area contributed by atoms with Crippen molar-refractivity contribution in [3.05, 3.63) is 29.8 Å². The Labute approximate surface area is 85.2 Å². The van der Waals surface area contributed by atoms with Crippen molar-refractivity contribution in [2.24, 2.45) is 0 Å². The highest BCUT2D eigenvalue weighted by Crippen LogP contribution is 2.34. The molecule has 0 aromatic heterocycles. The number of likely N-dealkylation sites (tertiary alicyclic amines) is 1. The lowest BCUT2D eigenvalue weighted by Gasteiger charge is -2.23. The summed E-state index contributed by atoms with van der Waals surface area (Å²) in [7, 11) is 2.18. The molecule has 2 rings (SSSR count). The lowest BCUT2D eigenvalue weighted by atomic mass is 10.0. The van der Waals surface area contributed by atoms with Crippen molar-refractivity contribution in [2.75, 3.05) is 7.05 Å². The van der Waals surface area contributed by atoms with E-state index in [0.29, 0.717) is 17.8 Å². The van der Waals surface area contributed by atoms with Crippen LogP contribution in [0.1, 0.15) is 31.4 Å². The normalized spacial score (nSPS) is 28.1. The Morgan fingerprint density at radius 2 is 1.86 bits per heavy atom. The van der Waals surface area contributed by atoms with E-state index in [1.165, 1.54) is 18.4 Å². The Kier molecular flexibility index (Phi) is 2.46. The topological polar surface area (TPSA) is 23.5 Å².